The highest BCUT2D eigenvalue weighted by atomic mass is 16.5. The van der Waals surface area contributed by atoms with E-state index < -0.39 is 0 Å². The number of ether oxygens (including phenoxy) is 1. The summed E-state index contributed by atoms with van der Waals surface area (Å²) in [6.07, 6.45) is 2.58. The van der Waals surface area contributed by atoms with Crippen LogP contribution in [-0.2, 0) is 4.74 Å². The van der Waals surface area contributed by atoms with Crippen LogP contribution in [0.25, 0.3) is 11.5 Å². The summed E-state index contributed by atoms with van der Waals surface area (Å²) in [5.41, 5.74) is 1.06. The number of H-pyrrole nitrogens is 1. The number of hydrogen-bond donors (Lipinski definition) is 2. The Morgan fingerprint density at radius 1 is 1.58 bits per heavy atom. The molecule has 1 fully saturated rings. The molecule has 6 heteroatoms. The molecular weight excluding hydrogens is 246 g/mol. The van der Waals surface area contributed by atoms with Crippen molar-refractivity contribution in [1.29, 1.82) is 0 Å². The number of nitrogens with zero attached hydrogens (tertiary/aromatic N) is 1. The van der Waals surface area contributed by atoms with Gasteiger partial charge >= 0.3 is 0 Å². The second-order valence-corrected chi connectivity index (χ2v) is 4.58. The molecule has 2 aromatic rings. The molecule has 0 aromatic carbocycles. The first-order valence-corrected chi connectivity index (χ1v) is 6.28. The van der Waals surface area contributed by atoms with Crippen LogP contribution in [0.3, 0.4) is 0 Å². The van der Waals surface area contributed by atoms with Crippen LogP contribution in [0.2, 0.25) is 0 Å². The Hall–Kier alpha value is -2.08. The van der Waals surface area contributed by atoms with Crippen LogP contribution in [0.4, 0.5) is 0 Å². The van der Waals surface area contributed by atoms with Crippen LogP contribution < -0.4 is 5.32 Å². The summed E-state index contributed by atoms with van der Waals surface area (Å²) in [6, 6.07) is 5.28. The summed E-state index contributed by atoms with van der Waals surface area (Å²) in [5.74, 6) is 0.893. The van der Waals surface area contributed by atoms with Crippen LogP contribution >= 0.6 is 0 Å². The van der Waals surface area contributed by atoms with Gasteiger partial charge in [-0.25, -0.2) is 0 Å². The fraction of sp³-hybridized carbons (Fsp3) is 0.385. The highest BCUT2D eigenvalue weighted by Gasteiger charge is 2.18. The molecule has 19 heavy (non-hydrogen) atoms. The lowest BCUT2D eigenvalue weighted by molar-refractivity contribution is 0.0940. The van der Waals surface area contributed by atoms with E-state index in [-0.39, 0.29) is 5.91 Å². The predicted octanol–water partition coefficient (Wildman–Crippen LogP) is 1.44. The number of aromatic nitrogens is 2. The number of hydrogen-bond acceptors (Lipinski definition) is 4. The zero-order valence-electron chi connectivity index (χ0n) is 10.4. The van der Waals surface area contributed by atoms with Gasteiger partial charge in [-0.15, -0.1) is 0 Å². The average Bonchev–Trinajstić information content (AvgIpc) is 3.14. The molecule has 1 saturated heterocycles. The van der Waals surface area contributed by atoms with E-state index in [4.69, 9.17) is 9.15 Å². The lowest BCUT2D eigenvalue weighted by Gasteiger charge is -2.07. The number of rotatable bonds is 4. The topological polar surface area (TPSA) is 80.1 Å². The van der Waals surface area contributed by atoms with Gasteiger partial charge in [-0.1, -0.05) is 0 Å². The molecule has 0 radical (unpaired) electrons. The summed E-state index contributed by atoms with van der Waals surface area (Å²) in [6.45, 7) is 2.13. The molecule has 0 bridgehead atoms. The SMILES string of the molecule is O=C(NC[C@H]1CCOC1)c1cc(-c2ccco2)[nH]n1. The van der Waals surface area contributed by atoms with Crippen molar-refractivity contribution in [3.8, 4) is 11.5 Å². The zero-order chi connectivity index (χ0) is 13.1. The standard InChI is InChI=1S/C13H15N3O3/c17-13(14-7-9-3-5-18-8-9)11-6-10(15-16-11)12-2-1-4-19-12/h1-2,4,6,9H,3,5,7-8H2,(H,14,17)(H,15,16)/t9-/m1/s1. The maximum absolute atomic E-state index is 11.9. The number of furan rings is 1. The first-order chi connectivity index (χ1) is 9.33. The van der Waals surface area contributed by atoms with E-state index in [1.54, 1.807) is 18.4 Å². The molecule has 1 aliphatic heterocycles. The molecule has 2 N–H and O–H groups in total. The van der Waals surface area contributed by atoms with Crippen LogP contribution in [-0.4, -0.2) is 35.9 Å². The first kappa shape index (κ1) is 12.0. The van der Waals surface area contributed by atoms with Gasteiger partial charge in [0.05, 0.1) is 12.9 Å². The largest absolute Gasteiger partial charge is 0.463 e. The summed E-state index contributed by atoms with van der Waals surface area (Å²) in [5, 5.41) is 9.64. The highest BCUT2D eigenvalue weighted by Crippen LogP contribution is 2.17. The summed E-state index contributed by atoms with van der Waals surface area (Å²) in [4.78, 5) is 11.9. The van der Waals surface area contributed by atoms with Gasteiger partial charge in [0.15, 0.2) is 11.5 Å². The third kappa shape index (κ3) is 2.68. The number of aromatic amines is 1. The van der Waals surface area contributed by atoms with Crippen LogP contribution in [0.5, 0.6) is 0 Å². The van der Waals surface area contributed by atoms with E-state index in [9.17, 15) is 4.79 Å². The Labute approximate surface area is 110 Å². The third-order valence-corrected chi connectivity index (χ3v) is 3.17. The molecule has 0 spiro atoms. The smallest absolute Gasteiger partial charge is 0.271 e. The molecule has 1 atom stereocenters. The lowest BCUT2D eigenvalue weighted by atomic mass is 10.1. The van der Waals surface area contributed by atoms with Gasteiger partial charge in [-0.05, 0) is 18.6 Å². The Balaban J connectivity index is 1.60. The van der Waals surface area contributed by atoms with Gasteiger partial charge in [0.25, 0.3) is 5.91 Å². The second kappa shape index (κ2) is 5.27. The van der Waals surface area contributed by atoms with Crippen molar-refractivity contribution in [3.63, 3.8) is 0 Å². The van der Waals surface area contributed by atoms with Crippen molar-refractivity contribution in [2.75, 3.05) is 19.8 Å². The Morgan fingerprint density at radius 2 is 2.53 bits per heavy atom. The van der Waals surface area contributed by atoms with E-state index in [0.717, 1.165) is 19.6 Å². The fourth-order valence-corrected chi connectivity index (χ4v) is 2.07. The van der Waals surface area contributed by atoms with E-state index in [1.807, 2.05) is 6.07 Å². The molecule has 3 heterocycles. The van der Waals surface area contributed by atoms with Crippen molar-refractivity contribution in [2.45, 2.75) is 6.42 Å². The van der Waals surface area contributed by atoms with Crippen LogP contribution in [0.15, 0.2) is 28.9 Å². The van der Waals surface area contributed by atoms with Crippen molar-refractivity contribution >= 4 is 5.91 Å². The predicted molar refractivity (Wildman–Crippen MR) is 67.5 cm³/mol. The van der Waals surface area contributed by atoms with Gasteiger partial charge in [0.1, 0.15) is 5.69 Å². The molecule has 2 aromatic heterocycles. The van der Waals surface area contributed by atoms with Crippen LogP contribution in [0.1, 0.15) is 16.9 Å². The molecule has 3 rings (SSSR count). The Bertz CT molecular complexity index is 541. The fourth-order valence-electron chi connectivity index (χ4n) is 2.07. The van der Waals surface area contributed by atoms with Crippen molar-refractivity contribution in [1.82, 2.24) is 15.5 Å². The summed E-state index contributed by atoms with van der Waals surface area (Å²) >= 11 is 0. The van der Waals surface area contributed by atoms with Crippen molar-refractivity contribution in [3.05, 3.63) is 30.2 Å². The molecular formula is C13H15N3O3. The third-order valence-electron chi connectivity index (χ3n) is 3.17. The van der Waals surface area contributed by atoms with Crippen molar-refractivity contribution < 1.29 is 13.9 Å². The Morgan fingerprint density at radius 3 is 3.26 bits per heavy atom. The molecule has 0 aliphatic carbocycles. The van der Waals surface area contributed by atoms with Gasteiger partial charge in [-0.3, -0.25) is 9.89 Å². The molecule has 6 nitrogen and oxygen atoms in total. The molecule has 0 saturated carbocycles. The minimum absolute atomic E-state index is 0.180. The van der Waals surface area contributed by atoms with E-state index >= 15 is 0 Å². The monoisotopic (exact) mass is 261 g/mol. The molecule has 0 unspecified atom stereocenters. The average molecular weight is 261 g/mol. The number of amides is 1. The van der Waals surface area contributed by atoms with E-state index in [1.165, 1.54) is 0 Å². The molecule has 1 amide bonds. The highest BCUT2D eigenvalue weighted by molar-refractivity contribution is 5.93. The van der Waals surface area contributed by atoms with Gasteiger partial charge in [-0.2, -0.15) is 5.10 Å². The van der Waals surface area contributed by atoms with Gasteiger partial charge in [0.2, 0.25) is 0 Å². The quantitative estimate of drug-likeness (QED) is 0.872. The lowest BCUT2D eigenvalue weighted by Crippen LogP contribution is -2.29. The van der Waals surface area contributed by atoms with Gasteiger partial charge < -0.3 is 14.5 Å². The molecule has 100 valence electrons. The summed E-state index contributed by atoms with van der Waals surface area (Å²) in [7, 11) is 0. The minimum Gasteiger partial charge on any atom is -0.463 e. The van der Waals surface area contributed by atoms with E-state index in [2.05, 4.69) is 15.5 Å². The van der Waals surface area contributed by atoms with Crippen LogP contribution in [0, 0.1) is 5.92 Å². The first-order valence-electron chi connectivity index (χ1n) is 6.28. The summed E-state index contributed by atoms with van der Waals surface area (Å²) < 4.78 is 10.5. The number of carbonyl (C=O) groups excluding carboxylic acids is 1. The van der Waals surface area contributed by atoms with Gasteiger partial charge in [0, 0.05) is 25.1 Å². The normalized spacial score (nSPS) is 18.6. The number of nitrogens with one attached hydrogen (secondary N) is 2. The zero-order valence-corrected chi connectivity index (χ0v) is 10.4. The Kier molecular flexibility index (Phi) is 3.33. The van der Waals surface area contributed by atoms with E-state index in [0.29, 0.717) is 29.6 Å². The van der Waals surface area contributed by atoms with Crippen molar-refractivity contribution in [2.24, 2.45) is 5.92 Å². The molecule has 1 aliphatic rings. The maximum atomic E-state index is 11.9. The minimum atomic E-state index is -0.180. The second-order valence-electron chi connectivity index (χ2n) is 4.58. The maximum Gasteiger partial charge on any atom is 0.271 e. The number of carbonyl (C=O) groups is 1.